The minimum Gasteiger partial charge on any atom is -0.494 e. The molecule has 0 heterocycles. The van der Waals surface area contributed by atoms with Crippen LogP contribution in [0.1, 0.15) is 35.1 Å². The summed E-state index contributed by atoms with van der Waals surface area (Å²) in [5.41, 5.74) is 7.53. The Bertz CT molecular complexity index is 1180. The van der Waals surface area contributed by atoms with Gasteiger partial charge >= 0.3 is 0 Å². The van der Waals surface area contributed by atoms with Crippen LogP contribution in [0.5, 0.6) is 11.5 Å². The average Bonchev–Trinajstić information content (AvgIpc) is 2.94. The molecule has 0 fully saturated rings. The molecule has 32 heavy (non-hydrogen) atoms. The number of ether oxygens (including phenoxy) is 2. The highest BCUT2D eigenvalue weighted by atomic mass is 32.2. The number of rotatable bonds is 8. The van der Waals surface area contributed by atoms with Gasteiger partial charge in [0.05, 0.1) is 12.4 Å². The van der Waals surface area contributed by atoms with Crippen LogP contribution in [0.15, 0.2) is 60.7 Å². The Morgan fingerprint density at radius 1 is 0.812 bits per heavy atom. The van der Waals surface area contributed by atoms with E-state index in [4.69, 9.17) is 9.47 Å². The van der Waals surface area contributed by atoms with Crippen molar-refractivity contribution < 1.29 is 17.9 Å². The van der Waals surface area contributed by atoms with Crippen LogP contribution in [0.2, 0.25) is 0 Å². The number of aryl methyl sites for hydroxylation is 3. The van der Waals surface area contributed by atoms with E-state index in [-0.39, 0.29) is 5.75 Å². The first-order valence-electron chi connectivity index (χ1n) is 11.1. The van der Waals surface area contributed by atoms with Crippen molar-refractivity contribution in [3.63, 3.8) is 0 Å². The van der Waals surface area contributed by atoms with E-state index in [9.17, 15) is 8.42 Å². The van der Waals surface area contributed by atoms with Gasteiger partial charge in [-0.25, -0.2) is 8.42 Å². The fraction of sp³-hybridized carbons (Fsp3) is 0.333. The zero-order valence-electron chi connectivity index (χ0n) is 18.8. The highest BCUT2D eigenvalue weighted by Gasteiger charge is 2.16. The fourth-order valence-electron chi connectivity index (χ4n) is 4.09. The first-order chi connectivity index (χ1) is 15.4. The fourth-order valence-corrected chi connectivity index (χ4v) is 4.74. The summed E-state index contributed by atoms with van der Waals surface area (Å²) in [7, 11) is -2.95. The van der Waals surface area contributed by atoms with Gasteiger partial charge in [-0.05, 0) is 90.8 Å². The smallest absolute Gasteiger partial charge is 0.147 e. The Morgan fingerprint density at radius 2 is 1.56 bits per heavy atom. The standard InChI is InChI=1S/C27H30O4S/c1-20-7-11-24(12-8-20)31-19-21-9-10-22-5-3-6-23-18-25(13-14-26(23)27(22)17-21)30-15-4-16-32(2,28)29/h7-14,17-18H,3-6,15-16,19H2,1-2H3. The van der Waals surface area contributed by atoms with Gasteiger partial charge in [-0.3, -0.25) is 0 Å². The Balaban J connectivity index is 1.49. The summed E-state index contributed by atoms with van der Waals surface area (Å²) in [6.07, 6.45) is 4.90. The molecule has 0 bridgehead atoms. The van der Waals surface area contributed by atoms with E-state index in [0.29, 0.717) is 19.6 Å². The zero-order chi connectivity index (χ0) is 22.6. The number of fused-ring (bicyclic) bond motifs is 3. The van der Waals surface area contributed by atoms with Crippen molar-refractivity contribution in [3.05, 3.63) is 82.9 Å². The zero-order valence-corrected chi connectivity index (χ0v) is 19.6. The molecule has 0 saturated heterocycles. The van der Waals surface area contributed by atoms with Gasteiger partial charge in [-0.2, -0.15) is 0 Å². The molecule has 0 saturated carbocycles. The van der Waals surface area contributed by atoms with Gasteiger partial charge in [0, 0.05) is 6.26 Å². The van der Waals surface area contributed by atoms with Crippen LogP contribution in [0, 0.1) is 6.92 Å². The molecule has 4 rings (SSSR count). The van der Waals surface area contributed by atoms with Crippen LogP contribution in [-0.4, -0.2) is 27.0 Å². The number of sulfone groups is 1. The number of benzene rings is 3. The molecular weight excluding hydrogens is 420 g/mol. The summed E-state index contributed by atoms with van der Waals surface area (Å²) >= 11 is 0. The van der Waals surface area contributed by atoms with Gasteiger partial charge in [0.15, 0.2) is 0 Å². The quantitative estimate of drug-likeness (QED) is 0.423. The first-order valence-corrected chi connectivity index (χ1v) is 13.2. The van der Waals surface area contributed by atoms with Crippen molar-refractivity contribution in [2.45, 2.75) is 39.2 Å². The molecule has 0 aliphatic heterocycles. The first kappa shape index (κ1) is 22.4. The molecule has 3 aromatic carbocycles. The van der Waals surface area contributed by atoms with Gasteiger partial charge in [-0.1, -0.05) is 35.9 Å². The van der Waals surface area contributed by atoms with E-state index in [1.54, 1.807) is 0 Å². The van der Waals surface area contributed by atoms with Crippen molar-refractivity contribution in [2.75, 3.05) is 18.6 Å². The number of hydrogen-bond acceptors (Lipinski definition) is 4. The van der Waals surface area contributed by atoms with Crippen LogP contribution >= 0.6 is 0 Å². The monoisotopic (exact) mass is 450 g/mol. The lowest BCUT2D eigenvalue weighted by Crippen LogP contribution is -2.08. The van der Waals surface area contributed by atoms with E-state index >= 15 is 0 Å². The van der Waals surface area contributed by atoms with Crippen molar-refractivity contribution >= 4 is 9.84 Å². The van der Waals surface area contributed by atoms with Gasteiger partial charge in [0.25, 0.3) is 0 Å². The molecule has 0 aromatic heterocycles. The molecule has 3 aromatic rings. The predicted molar refractivity (Wildman–Crippen MR) is 129 cm³/mol. The van der Waals surface area contributed by atoms with Crippen molar-refractivity contribution in [3.8, 4) is 22.6 Å². The van der Waals surface area contributed by atoms with Gasteiger partial charge < -0.3 is 9.47 Å². The molecule has 0 atom stereocenters. The normalized spacial score (nSPS) is 13.1. The minimum atomic E-state index is -2.95. The maximum atomic E-state index is 11.3. The van der Waals surface area contributed by atoms with Crippen molar-refractivity contribution in [1.29, 1.82) is 0 Å². The van der Waals surface area contributed by atoms with E-state index in [1.807, 2.05) is 18.2 Å². The molecule has 168 valence electrons. The highest BCUT2D eigenvalue weighted by molar-refractivity contribution is 7.90. The lowest BCUT2D eigenvalue weighted by molar-refractivity contribution is 0.306. The second-order valence-electron chi connectivity index (χ2n) is 8.60. The second kappa shape index (κ2) is 9.78. The molecule has 1 aliphatic rings. The summed E-state index contributed by atoms with van der Waals surface area (Å²) in [4.78, 5) is 0. The largest absolute Gasteiger partial charge is 0.494 e. The molecular formula is C27H30O4S. The van der Waals surface area contributed by atoms with E-state index in [0.717, 1.165) is 36.3 Å². The predicted octanol–water partition coefficient (Wildman–Crippen LogP) is 5.54. The topological polar surface area (TPSA) is 52.6 Å². The minimum absolute atomic E-state index is 0.152. The Labute approximate surface area is 191 Å². The maximum Gasteiger partial charge on any atom is 0.147 e. The lowest BCUT2D eigenvalue weighted by atomic mass is 9.95. The number of hydrogen-bond donors (Lipinski definition) is 0. The molecule has 4 nitrogen and oxygen atoms in total. The SMILES string of the molecule is Cc1ccc(OCc2ccc3c(c2)-c2ccc(OCCCS(C)(=O)=O)cc2CCC3)cc1. The van der Waals surface area contributed by atoms with Gasteiger partial charge in [-0.15, -0.1) is 0 Å². The second-order valence-corrected chi connectivity index (χ2v) is 10.9. The van der Waals surface area contributed by atoms with Crippen LogP contribution in [0.25, 0.3) is 11.1 Å². The van der Waals surface area contributed by atoms with Crippen LogP contribution in [0.3, 0.4) is 0 Å². The third kappa shape index (κ3) is 5.92. The molecule has 0 radical (unpaired) electrons. The third-order valence-electron chi connectivity index (χ3n) is 5.79. The van der Waals surface area contributed by atoms with E-state index in [2.05, 4.69) is 49.4 Å². The van der Waals surface area contributed by atoms with Crippen molar-refractivity contribution in [1.82, 2.24) is 0 Å². The average molecular weight is 451 g/mol. The van der Waals surface area contributed by atoms with Gasteiger partial charge in [0.1, 0.15) is 27.9 Å². The summed E-state index contributed by atoms with van der Waals surface area (Å²) in [5, 5.41) is 0. The van der Waals surface area contributed by atoms with Crippen LogP contribution in [0.4, 0.5) is 0 Å². The third-order valence-corrected chi connectivity index (χ3v) is 6.82. The van der Waals surface area contributed by atoms with Crippen molar-refractivity contribution in [2.24, 2.45) is 0 Å². The maximum absolute atomic E-state index is 11.3. The summed E-state index contributed by atoms with van der Waals surface area (Å²) in [6, 6.07) is 21.0. The van der Waals surface area contributed by atoms with Crippen LogP contribution < -0.4 is 9.47 Å². The lowest BCUT2D eigenvalue weighted by Gasteiger charge is -2.14. The molecule has 0 amide bonds. The highest BCUT2D eigenvalue weighted by Crippen LogP contribution is 2.35. The van der Waals surface area contributed by atoms with Gasteiger partial charge in [0.2, 0.25) is 0 Å². The summed E-state index contributed by atoms with van der Waals surface area (Å²) in [5.74, 6) is 1.84. The summed E-state index contributed by atoms with van der Waals surface area (Å²) in [6.45, 7) is 3.01. The molecule has 5 heteroatoms. The Kier molecular flexibility index (Phi) is 6.85. The Morgan fingerprint density at radius 3 is 2.34 bits per heavy atom. The van der Waals surface area contributed by atoms with E-state index in [1.165, 1.54) is 34.1 Å². The molecule has 1 aliphatic carbocycles. The molecule has 0 N–H and O–H groups in total. The van der Waals surface area contributed by atoms with Crippen LogP contribution in [-0.2, 0) is 29.3 Å². The summed E-state index contributed by atoms with van der Waals surface area (Å²) < 4.78 is 34.4. The molecule has 0 spiro atoms. The Hall–Kier alpha value is -2.79. The van der Waals surface area contributed by atoms with E-state index < -0.39 is 9.84 Å². The molecule has 0 unspecified atom stereocenters.